The van der Waals surface area contributed by atoms with Crippen molar-refractivity contribution in [3.63, 3.8) is 0 Å². The number of hydrogen-bond donors (Lipinski definition) is 1. The molecular formula is C17H25NO2S. The smallest absolute Gasteiger partial charge is 0.130 e. The molecule has 116 valence electrons. The third kappa shape index (κ3) is 5.65. The van der Waals surface area contributed by atoms with Crippen molar-refractivity contribution in [3.8, 4) is 0 Å². The fraction of sp³-hybridized carbons (Fsp3) is 0.529. The van der Waals surface area contributed by atoms with E-state index in [2.05, 4.69) is 49.7 Å². The molecule has 0 radical (unpaired) electrons. The minimum atomic E-state index is 0.552. The molecule has 0 fully saturated rings. The molecular weight excluding hydrogens is 282 g/mol. The predicted octanol–water partition coefficient (Wildman–Crippen LogP) is 4.15. The van der Waals surface area contributed by atoms with Gasteiger partial charge in [-0.25, -0.2) is 0 Å². The van der Waals surface area contributed by atoms with Crippen molar-refractivity contribution in [1.82, 2.24) is 5.32 Å². The molecule has 2 heterocycles. The molecule has 21 heavy (non-hydrogen) atoms. The Hall–Kier alpha value is -1.10. The van der Waals surface area contributed by atoms with Crippen LogP contribution in [0.4, 0.5) is 0 Å². The molecule has 2 rings (SSSR count). The number of rotatable bonds is 9. The van der Waals surface area contributed by atoms with Crippen LogP contribution in [0.25, 0.3) is 0 Å². The third-order valence-electron chi connectivity index (χ3n) is 3.23. The Labute approximate surface area is 131 Å². The van der Waals surface area contributed by atoms with E-state index in [4.69, 9.17) is 9.15 Å². The van der Waals surface area contributed by atoms with Gasteiger partial charge in [-0.15, -0.1) is 11.3 Å². The van der Waals surface area contributed by atoms with E-state index in [-0.39, 0.29) is 0 Å². The summed E-state index contributed by atoms with van der Waals surface area (Å²) in [5, 5.41) is 5.51. The van der Waals surface area contributed by atoms with Crippen molar-refractivity contribution >= 4 is 11.3 Å². The van der Waals surface area contributed by atoms with Gasteiger partial charge in [0, 0.05) is 11.3 Å². The molecule has 0 aliphatic carbocycles. The lowest BCUT2D eigenvalue weighted by Gasteiger charge is -2.06. The summed E-state index contributed by atoms with van der Waals surface area (Å²) in [5.74, 6) is 2.59. The monoisotopic (exact) mass is 307 g/mol. The van der Waals surface area contributed by atoms with E-state index in [1.807, 2.05) is 0 Å². The van der Waals surface area contributed by atoms with Crippen LogP contribution in [0, 0.1) is 12.8 Å². The average molecular weight is 307 g/mol. The van der Waals surface area contributed by atoms with Crippen LogP contribution in [0.1, 0.15) is 35.8 Å². The molecule has 0 aromatic carbocycles. The fourth-order valence-electron chi connectivity index (χ4n) is 2.11. The Balaban J connectivity index is 1.71. The van der Waals surface area contributed by atoms with Crippen LogP contribution < -0.4 is 5.32 Å². The summed E-state index contributed by atoms with van der Waals surface area (Å²) in [5.41, 5.74) is 1.20. The first-order valence-corrected chi connectivity index (χ1v) is 8.42. The number of furan rings is 1. The number of nitrogens with one attached hydrogen (secondary N) is 1. The van der Waals surface area contributed by atoms with Gasteiger partial charge >= 0.3 is 0 Å². The van der Waals surface area contributed by atoms with Crippen LogP contribution in [0.3, 0.4) is 0 Å². The second kappa shape index (κ2) is 8.37. The van der Waals surface area contributed by atoms with Crippen LogP contribution in [-0.2, 0) is 24.3 Å². The molecule has 2 aromatic rings. The summed E-state index contributed by atoms with van der Waals surface area (Å²) in [6.07, 6.45) is 0.972. The molecule has 0 aliphatic rings. The Bertz CT molecular complexity index is 517. The van der Waals surface area contributed by atoms with Gasteiger partial charge in [-0.3, -0.25) is 0 Å². The Morgan fingerprint density at radius 3 is 2.95 bits per heavy atom. The second-order valence-electron chi connectivity index (χ2n) is 5.73. The van der Waals surface area contributed by atoms with Crippen molar-refractivity contribution in [2.24, 2.45) is 5.92 Å². The Kier molecular flexibility index (Phi) is 6.49. The molecule has 3 nitrogen and oxygen atoms in total. The molecule has 0 bridgehead atoms. The molecule has 4 heteroatoms. The van der Waals surface area contributed by atoms with Gasteiger partial charge in [0.1, 0.15) is 18.1 Å². The molecule has 0 saturated carbocycles. The van der Waals surface area contributed by atoms with Crippen molar-refractivity contribution < 1.29 is 9.15 Å². The summed E-state index contributed by atoms with van der Waals surface area (Å²) in [7, 11) is 0. The molecule has 0 spiro atoms. The minimum absolute atomic E-state index is 0.552. The van der Waals surface area contributed by atoms with E-state index in [1.165, 1.54) is 10.4 Å². The molecule has 1 N–H and O–H groups in total. The van der Waals surface area contributed by atoms with Gasteiger partial charge in [0.2, 0.25) is 0 Å². The fourth-order valence-corrected chi connectivity index (χ4v) is 2.80. The number of hydrogen-bond acceptors (Lipinski definition) is 4. The van der Waals surface area contributed by atoms with E-state index in [0.29, 0.717) is 12.5 Å². The molecule has 0 saturated heterocycles. The van der Waals surface area contributed by atoms with Gasteiger partial charge in [-0.1, -0.05) is 19.9 Å². The largest absolute Gasteiger partial charge is 0.462 e. The lowest BCUT2D eigenvalue weighted by molar-refractivity contribution is 0.108. The normalized spacial score (nSPS) is 11.4. The average Bonchev–Trinajstić information content (AvgIpc) is 3.05. The zero-order chi connectivity index (χ0) is 15.1. The third-order valence-corrected chi connectivity index (χ3v) is 4.16. The van der Waals surface area contributed by atoms with Crippen LogP contribution in [-0.4, -0.2) is 13.2 Å². The van der Waals surface area contributed by atoms with E-state index in [9.17, 15) is 0 Å². The summed E-state index contributed by atoms with van der Waals surface area (Å²) in [6.45, 7) is 9.58. The SMILES string of the molecule is Cc1cc(COCCc2cccs2)oc1CNCC(C)C. The van der Waals surface area contributed by atoms with Gasteiger partial charge in [-0.05, 0) is 42.5 Å². The zero-order valence-corrected chi connectivity index (χ0v) is 14.0. The Morgan fingerprint density at radius 1 is 1.38 bits per heavy atom. The van der Waals surface area contributed by atoms with Crippen LogP contribution >= 0.6 is 11.3 Å². The van der Waals surface area contributed by atoms with Crippen molar-refractivity contribution in [2.75, 3.05) is 13.2 Å². The lowest BCUT2D eigenvalue weighted by Crippen LogP contribution is -2.18. The van der Waals surface area contributed by atoms with Gasteiger partial charge < -0.3 is 14.5 Å². The standard InChI is InChI=1S/C17H25NO2S/c1-13(2)10-18-11-17-14(3)9-15(20-17)12-19-7-6-16-5-4-8-21-16/h4-5,8-9,13,18H,6-7,10-12H2,1-3H3. The maximum absolute atomic E-state index is 5.85. The maximum Gasteiger partial charge on any atom is 0.130 e. The van der Waals surface area contributed by atoms with E-state index in [1.54, 1.807) is 11.3 Å². The summed E-state index contributed by atoms with van der Waals surface area (Å²) in [4.78, 5) is 1.36. The van der Waals surface area contributed by atoms with Gasteiger partial charge in [0.15, 0.2) is 0 Å². The maximum atomic E-state index is 5.85. The van der Waals surface area contributed by atoms with Crippen LogP contribution in [0.15, 0.2) is 28.0 Å². The zero-order valence-electron chi connectivity index (χ0n) is 13.1. The molecule has 2 aromatic heterocycles. The number of aryl methyl sites for hydroxylation is 1. The summed E-state index contributed by atoms with van der Waals surface area (Å²) >= 11 is 1.78. The van der Waals surface area contributed by atoms with Gasteiger partial charge in [0.25, 0.3) is 0 Å². The van der Waals surface area contributed by atoms with Crippen LogP contribution in [0.5, 0.6) is 0 Å². The van der Waals surface area contributed by atoms with Crippen molar-refractivity contribution in [1.29, 1.82) is 0 Å². The predicted molar refractivity (Wildman–Crippen MR) is 87.7 cm³/mol. The van der Waals surface area contributed by atoms with E-state index in [0.717, 1.165) is 37.6 Å². The minimum Gasteiger partial charge on any atom is -0.462 e. The second-order valence-corrected chi connectivity index (χ2v) is 6.76. The first-order chi connectivity index (χ1) is 10.1. The molecule has 0 aliphatic heterocycles. The van der Waals surface area contributed by atoms with Gasteiger partial charge in [0.05, 0.1) is 13.2 Å². The highest BCUT2D eigenvalue weighted by Gasteiger charge is 2.08. The van der Waals surface area contributed by atoms with Crippen molar-refractivity contribution in [2.45, 2.75) is 40.3 Å². The molecule has 0 atom stereocenters. The summed E-state index contributed by atoms with van der Waals surface area (Å²) in [6, 6.07) is 6.30. The van der Waals surface area contributed by atoms with Crippen LogP contribution in [0.2, 0.25) is 0 Å². The first kappa shape index (κ1) is 16.3. The van der Waals surface area contributed by atoms with E-state index < -0.39 is 0 Å². The lowest BCUT2D eigenvalue weighted by atomic mass is 10.2. The quantitative estimate of drug-likeness (QED) is 0.707. The van der Waals surface area contributed by atoms with E-state index >= 15 is 0 Å². The van der Waals surface area contributed by atoms with Crippen molar-refractivity contribution in [3.05, 3.63) is 45.5 Å². The highest BCUT2D eigenvalue weighted by Crippen LogP contribution is 2.16. The summed E-state index contributed by atoms with van der Waals surface area (Å²) < 4.78 is 11.5. The number of thiophene rings is 1. The highest BCUT2D eigenvalue weighted by molar-refractivity contribution is 7.09. The molecule has 0 amide bonds. The molecule has 0 unspecified atom stereocenters. The Morgan fingerprint density at radius 2 is 2.24 bits per heavy atom. The first-order valence-electron chi connectivity index (χ1n) is 7.54. The van der Waals surface area contributed by atoms with Gasteiger partial charge in [-0.2, -0.15) is 0 Å². The number of ether oxygens (including phenoxy) is 1. The topological polar surface area (TPSA) is 34.4 Å². The highest BCUT2D eigenvalue weighted by atomic mass is 32.1.